The van der Waals surface area contributed by atoms with Gasteiger partial charge >= 0.3 is 11.9 Å². The van der Waals surface area contributed by atoms with E-state index in [4.69, 9.17) is 25.2 Å². The Kier molecular flexibility index (Phi) is 23.6. The second kappa shape index (κ2) is 17.9. The summed E-state index contributed by atoms with van der Waals surface area (Å²) in [7, 11) is 0. The third kappa shape index (κ3) is 74.1. The lowest BCUT2D eigenvalue weighted by molar-refractivity contribution is -0.134. The van der Waals surface area contributed by atoms with E-state index < -0.39 is 11.9 Å². The van der Waals surface area contributed by atoms with Crippen LogP contribution in [0.2, 0.25) is 0 Å². The van der Waals surface area contributed by atoms with Crippen molar-refractivity contribution in [1.82, 2.24) is 0 Å². The maximum atomic E-state index is 9.29. The number of aliphatic carboxylic acids is 2. The van der Waals surface area contributed by atoms with Crippen LogP contribution in [0, 0.1) is 0 Å². The molecule has 0 aromatic rings. The number of rotatable bonds is 3. The summed E-state index contributed by atoms with van der Waals surface area (Å²) in [6, 6.07) is 0. The number of hydrogen-bond acceptors (Lipinski definition) is 7. The minimum atomic E-state index is -0.881. The molecule has 0 amide bonds. The minimum absolute atomic E-state index is 0.0156. The van der Waals surface area contributed by atoms with Gasteiger partial charge in [0.1, 0.15) is 0 Å². The number of ether oxygens (including phenoxy) is 1. The van der Waals surface area contributed by atoms with Gasteiger partial charge < -0.3 is 25.2 Å². The van der Waals surface area contributed by atoms with E-state index in [1.165, 1.54) is 0 Å². The van der Waals surface area contributed by atoms with Crippen molar-refractivity contribution in [3.8, 4) is 0 Å². The number of aliphatic hydroxyl groups excluding tert-OH is 2. The molecule has 0 aliphatic heterocycles. The zero-order chi connectivity index (χ0) is 19.7. The van der Waals surface area contributed by atoms with E-state index in [-0.39, 0.29) is 35.9 Å². The Hall–Kier alpha value is -0.480. The highest BCUT2D eigenvalue weighted by atomic mass is 32.1. The van der Waals surface area contributed by atoms with Gasteiger partial charge in [-0.2, -0.15) is 25.3 Å². The van der Waals surface area contributed by atoms with E-state index in [2.05, 4.69) is 66.8 Å². The molecule has 0 rings (SSSR count). The molecule has 23 heavy (non-hydrogen) atoms. The summed E-state index contributed by atoms with van der Waals surface area (Å²) in [5, 5.41) is 30.5. The Labute approximate surface area is 149 Å². The van der Waals surface area contributed by atoms with Crippen molar-refractivity contribution in [2.75, 3.05) is 24.7 Å². The van der Waals surface area contributed by atoms with E-state index in [1.807, 2.05) is 0 Å². The molecule has 0 heterocycles. The molecule has 0 radical (unpaired) electrons. The molecule has 0 spiro atoms. The molecule has 0 aliphatic carbocycles. The topological polar surface area (TPSA) is 124 Å². The number of carbonyl (C=O) groups is 2. The quantitative estimate of drug-likeness (QED) is 0.413. The highest BCUT2D eigenvalue weighted by Gasteiger charge is 2.19. The van der Waals surface area contributed by atoms with Crippen LogP contribution in [0.1, 0.15) is 41.5 Å². The van der Waals surface area contributed by atoms with Crippen LogP contribution in [0.15, 0.2) is 0 Å². The molecule has 0 fully saturated rings. The summed E-state index contributed by atoms with van der Waals surface area (Å²) in [4.78, 5) is 18.6. The van der Waals surface area contributed by atoms with Gasteiger partial charge in [-0.1, -0.05) is 0 Å². The van der Waals surface area contributed by atoms with Crippen molar-refractivity contribution in [3.05, 3.63) is 0 Å². The molecular formula is C14H32O7S2. The molecule has 0 unspecified atom stereocenters. The van der Waals surface area contributed by atoms with Crippen LogP contribution in [0.25, 0.3) is 0 Å². The molecule has 4 N–H and O–H groups in total. The van der Waals surface area contributed by atoms with E-state index >= 15 is 0 Å². The third-order valence-electron chi connectivity index (χ3n) is 0.983. The molecule has 0 aliphatic rings. The molecule has 0 atom stereocenters. The number of hydrogen-bond donors (Lipinski definition) is 6. The first-order chi connectivity index (χ1) is 10.2. The van der Waals surface area contributed by atoms with Gasteiger partial charge in [0.05, 0.1) is 35.9 Å². The van der Waals surface area contributed by atoms with E-state index in [0.717, 1.165) is 0 Å². The van der Waals surface area contributed by atoms with Gasteiger partial charge in [0, 0.05) is 0 Å². The summed E-state index contributed by atoms with van der Waals surface area (Å²) < 4.78 is 5.62. The molecule has 0 saturated heterocycles. The van der Waals surface area contributed by atoms with Crippen LogP contribution in [0.4, 0.5) is 0 Å². The van der Waals surface area contributed by atoms with Crippen molar-refractivity contribution in [3.63, 3.8) is 0 Å². The number of carboxylic acids is 2. The standard InChI is InChI=1S/C8H18O.2C2H4O2S.C2H6O2/c1-7(2,3)9-8(4,5)6;2*3-2(4)1-5;3-1-2-4/h1-6H3;2*5H,1H2,(H,3,4);3-4H,1-2H2. The zero-order valence-corrected chi connectivity index (χ0v) is 16.5. The fourth-order valence-electron chi connectivity index (χ4n) is 0.919. The van der Waals surface area contributed by atoms with E-state index in [0.29, 0.717) is 0 Å². The molecule has 142 valence electrons. The van der Waals surface area contributed by atoms with Crippen LogP contribution in [-0.4, -0.2) is 68.3 Å². The Balaban J connectivity index is -0.000000112. The van der Waals surface area contributed by atoms with Crippen molar-refractivity contribution >= 4 is 37.2 Å². The Morgan fingerprint density at radius 1 is 0.783 bits per heavy atom. The maximum absolute atomic E-state index is 9.29. The third-order valence-corrected chi connectivity index (χ3v) is 1.52. The van der Waals surface area contributed by atoms with Crippen molar-refractivity contribution < 1.29 is 34.8 Å². The van der Waals surface area contributed by atoms with Crippen LogP contribution in [0.5, 0.6) is 0 Å². The maximum Gasteiger partial charge on any atom is 0.313 e. The van der Waals surface area contributed by atoms with Gasteiger partial charge in [0.25, 0.3) is 0 Å². The smallest absolute Gasteiger partial charge is 0.313 e. The fraction of sp³-hybridized carbons (Fsp3) is 0.857. The first-order valence-corrected chi connectivity index (χ1v) is 8.00. The second-order valence-corrected chi connectivity index (χ2v) is 6.51. The predicted octanol–water partition coefficient (Wildman–Crippen LogP) is 1.57. The Morgan fingerprint density at radius 2 is 0.957 bits per heavy atom. The zero-order valence-electron chi connectivity index (χ0n) is 14.7. The number of carboxylic acid groups (broad SMARTS) is 2. The first kappa shape index (κ1) is 30.4. The summed E-state index contributed by atoms with van der Waals surface area (Å²) in [5.74, 6) is -1.93. The average molecular weight is 377 g/mol. The average Bonchev–Trinajstić information content (AvgIpc) is 2.36. The molecule has 0 aromatic carbocycles. The molecule has 7 nitrogen and oxygen atoms in total. The highest BCUT2D eigenvalue weighted by Crippen LogP contribution is 2.17. The molecule has 9 heteroatoms. The van der Waals surface area contributed by atoms with Gasteiger partial charge in [0.2, 0.25) is 0 Å². The summed E-state index contributed by atoms with van der Waals surface area (Å²) >= 11 is 6.83. The molecule has 0 bridgehead atoms. The van der Waals surface area contributed by atoms with Gasteiger partial charge in [-0.3, -0.25) is 9.59 Å². The Bertz CT molecular complexity index is 256. The number of thiol groups is 2. The van der Waals surface area contributed by atoms with Crippen molar-refractivity contribution in [2.45, 2.75) is 52.7 Å². The van der Waals surface area contributed by atoms with Gasteiger partial charge in [-0.05, 0) is 41.5 Å². The first-order valence-electron chi connectivity index (χ1n) is 6.74. The van der Waals surface area contributed by atoms with Crippen LogP contribution in [-0.2, 0) is 14.3 Å². The van der Waals surface area contributed by atoms with Crippen LogP contribution < -0.4 is 0 Å². The Morgan fingerprint density at radius 3 is 0.957 bits per heavy atom. The molecule has 0 saturated carbocycles. The van der Waals surface area contributed by atoms with E-state index in [9.17, 15) is 9.59 Å². The summed E-state index contributed by atoms with van der Waals surface area (Å²) in [6.07, 6.45) is 0. The number of aliphatic hydroxyl groups is 2. The second-order valence-electron chi connectivity index (χ2n) is 5.88. The monoisotopic (exact) mass is 376 g/mol. The molecule has 0 aromatic heterocycles. The summed E-state index contributed by atoms with van der Waals surface area (Å²) in [5.41, 5.74) is -0.0312. The lowest BCUT2D eigenvalue weighted by Crippen LogP contribution is -2.31. The highest BCUT2D eigenvalue weighted by molar-refractivity contribution is 7.81. The SMILES string of the molecule is CC(C)(C)OC(C)(C)C.O=C(O)CS.O=C(O)CS.OCCO. The van der Waals surface area contributed by atoms with E-state index in [1.54, 1.807) is 0 Å². The minimum Gasteiger partial charge on any atom is -0.481 e. The normalized spacial score (nSPS) is 10.0. The van der Waals surface area contributed by atoms with Gasteiger partial charge in [0.15, 0.2) is 0 Å². The van der Waals surface area contributed by atoms with Crippen molar-refractivity contribution in [1.29, 1.82) is 0 Å². The summed E-state index contributed by atoms with van der Waals surface area (Å²) in [6.45, 7) is 12.2. The van der Waals surface area contributed by atoms with Crippen LogP contribution in [0.3, 0.4) is 0 Å². The van der Waals surface area contributed by atoms with Crippen molar-refractivity contribution in [2.24, 2.45) is 0 Å². The van der Waals surface area contributed by atoms with Crippen LogP contribution >= 0.6 is 25.3 Å². The fourth-order valence-corrected chi connectivity index (χ4v) is 0.919. The molecular weight excluding hydrogens is 344 g/mol. The largest absolute Gasteiger partial charge is 0.481 e. The van der Waals surface area contributed by atoms with Gasteiger partial charge in [-0.25, -0.2) is 0 Å². The van der Waals surface area contributed by atoms with Gasteiger partial charge in [-0.15, -0.1) is 0 Å². The predicted molar refractivity (Wildman–Crippen MR) is 97.7 cm³/mol. The lowest BCUT2D eigenvalue weighted by Gasteiger charge is -2.30. The lowest BCUT2D eigenvalue weighted by atomic mass is 10.1.